The maximum absolute atomic E-state index is 4.49. The van der Waals surface area contributed by atoms with Gasteiger partial charge in [-0.2, -0.15) is 0 Å². The summed E-state index contributed by atoms with van der Waals surface area (Å²) in [5.41, 5.74) is 0. The fraction of sp³-hybridized carbons (Fsp3) is 0.769. The third-order valence-electron chi connectivity index (χ3n) is 3.33. The van der Waals surface area contributed by atoms with E-state index >= 15 is 0 Å². The van der Waals surface area contributed by atoms with Gasteiger partial charge >= 0.3 is 0 Å². The van der Waals surface area contributed by atoms with Crippen molar-refractivity contribution in [2.24, 2.45) is 0 Å². The molecule has 17 heavy (non-hydrogen) atoms. The Bertz CT molecular complexity index is 317. The van der Waals surface area contributed by atoms with Crippen molar-refractivity contribution in [3.63, 3.8) is 0 Å². The minimum absolute atomic E-state index is 0.985. The molecule has 0 amide bonds. The Balaban J connectivity index is 1.83. The number of hydrogen-bond donors (Lipinski definition) is 0. The highest BCUT2D eigenvalue weighted by atomic mass is 79.9. The second kappa shape index (κ2) is 7.49. The molecule has 0 saturated carbocycles. The second-order valence-electron chi connectivity index (χ2n) is 4.81. The molecule has 1 aromatic rings. The number of rotatable bonds is 2. The highest BCUT2D eigenvalue weighted by Gasteiger charge is 2.09. The lowest BCUT2D eigenvalue weighted by atomic mass is 10.1. The van der Waals surface area contributed by atoms with Crippen molar-refractivity contribution >= 4 is 27.3 Å². The summed E-state index contributed by atoms with van der Waals surface area (Å²) in [5.74, 6) is 0. The number of thiazole rings is 1. The van der Waals surface area contributed by atoms with Crippen LogP contribution in [0, 0.1) is 0 Å². The lowest BCUT2D eigenvalue weighted by Gasteiger charge is -2.22. The van der Waals surface area contributed by atoms with Gasteiger partial charge in [-0.15, -0.1) is 11.3 Å². The molecule has 96 valence electrons. The zero-order valence-corrected chi connectivity index (χ0v) is 12.7. The van der Waals surface area contributed by atoms with Crippen molar-refractivity contribution in [3.8, 4) is 0 Å². The zero-order chi connectivity index (χ0) is 11.9. The molecule has 0 N–H and O–H groups in total. The van der Waals surface area contributed by atoms with E-state index in [-0.39, 0.29) is 0 Å². The molecule has 0 unspecified atom stereocenters. The summed E-state index contributed by atoms with van der Waals surface area (Å²) in [6.07, 6.45) is 9.81. The fourth-order valence-electron chi connectivity index (χ4n) is 2.38. The molecule has 2 nitrogen and oxygen atoms in total. The molecule has 1 fully saturated rings. The van der Waals surface area contributed by atoms with Gasteiger partial charge in [-0.3, -0.25) is 4.90 Å². The van der Waals surface area contributed by atoms with Crippen LogP contribution in [0.25, 0.3) is 0 Å². The quantitative estimate of drug-likeness (QED) is 0.801. The number of hydrogen-bond acceptors (Lipinski definition) is 3. The Morgan fingerprint density at radius 1 is 1.06 bits per heavy atom. The van der Waals surface area contributed by atoms with Crippen molar-refractivity contribution in [3.05, 3.63) is 15.0 Å². The van der Waals surface area contributed by atoms with Crippen molar-refractivity contribution in [2.75, 3.05) is 13.1 Å². The van der Waals surface area contributed by atoms with Crippen molar-refractivity contribution in [1.82, 2.24) is 9.88 Å². The topological polar surface area (TPSA) is 16.1 Å². The summed E-state index contributed by atoms with van der Waals surface area (Å²) in [4.78, 5) is 7.07. The summed E-state index contributed by atoms with van der Waals surface area (Å²) in [7, 11) is 0. The molecule has 0 radical (unpaired) electrons. The molecule has 4 heteroatoms. The molecule has 2 rings (SSSR count). The van der Waals surface area contributed by atoms with Crippen LogP contribution in [0.2, 0.25) is 0 Å². The van der Waals surface area contributed by atoms with E-state index in [0.717, 1.165) is 11.1 Å². The van der Waals surface area contributed by atoms with Gasteiger partial charge in [0.05, 0.1) is 6.54 Å². The van der Waals surface area contributed by atoms with Gasteiger partial charge in [-0.1, -0.05) is 32.1 Å². The van der Waals surface area contributed by atoms with Crippen molar-refractivity contribution in [2.45, 2.75) is 51.5 Å². The monoisotopic (exact) mass is 316 g/mol. The van der Waals surface area contributed by atoms with Crippen LogP contribution in [-0.4, -0.2) is 23.0 Å². The highest BCUT2D eigenvalue weighted by molar-refractivity contribution is 9.10. The van der Waals surface area contributed by atoms with E-state index in [1.54, 1.807) is 11.3 Å². The van der Waals surface area contributed by atoms with Crippen molar-refractivity contribution in [1.29, 1.82) is 0 Å². The average molecular weight is 317 g/mol. The van der Waals surface area contributed by atoms with Crippen LogP contribution >= 0.6 is 27.3 Å². The first-order valence-corrected chi connectivity index (χ1v) is 8.34. The van der Waals surface area contributed by atoms with Gasteiger partial charge in [0.1, 0.15) is 9.61 Å². The molecule has 1 aliphatic heterocycles. The average Bonchev–Trinajstić information content (AvgIpc) is 2.73. The molecule has 1 aliphatic rings. The van der Waals surface area contributed by atoms with E-state index in [4.69, 9.17) is 0 Å². The van der Waals surface area contributed by atoms with Crippen LogP contribution in [0.1, 0.15) is 50.0 Å². The van der Waals surface area contributed by atoms with Crippen LogP contribution < -0.4 is 0 Å². The lowest BCUT2D eigenvalue weighted by molar-refractivity contribution is 0.247. The van der Waals surface area contributed by atoms with Gasteiger partial charge in [0.2, 0.25) is 0 Å². The predicted molar refractivity (Wildman–Crippen MR) is 77.4 cm³/mol. The van der Waals surface area contributed by atoms with Crippen molar-refractivity contribution < 1.29 is 0 Å². The van der Waals surface area contributed by atoms with Gasteiger partial charge in [-0.25, -0.2) is 4.98 Å². The van der Waals surface area contributed by atoms with Gasteiger partial charge in [0, 0.05) is 5.38 Å². The summed E-state index contributed by atoms with van der Waals surface area (Å²) in [6.45, 7) is 3.53. The Morgan fingerprint density at radius 2 is 1.65 bits per heavy atom. The van der Waals surface area contributed by atoms with Crippen LogP contribution in [0.4, 0.5) is 0 Å². The predicted octanol–water partition coefficient (Wildman–Crippen LogP) is 4.45. The van der Waals surface area contributed by atoms with Gasteiger partial charge in [0.15, 0.2) is 0 Å². The number of halogens is 1. The Kier molecular flexibility index (Phi) is 5.95. The smallest absolute Gasteiger partial charge is 0.117 e. The van der Waals surface area contributed by atoms with Crippen LogP contribution in [0.15, 0.2) is 9.98 Å². The third-order valence-corrected chi connectivity index (χ3v) is 4.87. The summed E-state index contributed by atoms with van der Waals surface area (Å²) >= 11 is 5.19. The minimum Gasteiger partial charge on any atom is -0.297 e. The standard InChI is InChI=1S/C13H21BrN2S/c14-12-11-17-13(15-12)10-16-8-6-4-2-1-3-5-7-9-16/h11H,1-10H2. The lowest BCUT2D eigenvalue weighted by Crippen LogP contribution is -2.26. The zero-order valence-electron chi connectivity index (χ0n) is 10.3. The largest absolute Gasteiger partial charge is 0.297 e. The summed E-state index contributed by atoms with van der Waals surface area (Å²) in [5, 5.41) is 3.32. The van der Waals surface area contributed by atoms with E-state index in [1.165, 1.54) is 63.0 Å². The van der Waals surface area contributed by atoms with Gasteiger partial charge in [-0.05, 0) is 41.9 Å². The summed E-state index contributed by atoms with van der Waals surface area (Å²) < 4.78 is 0.985. The van der Waals surface area contributed by atoms with Crippen LogP contribution in [-0.2, 0) is 6.54 Å². The van der Waals surface area contributed by atoms with E-state index < -0.39 is 0 Å². The summed E-state index contributed by atoms with van der Waals surface area (Å²) in [6, 6.07) is 0. The molecular formula is C13H21BrN2S. The maximum Gasteiger partial charge on any atom is 0.117 e. The molecule has 0 atom stereocenters. The van der Waals surface area contributed by atoms with Gasteiger partial charge < -0.3 is 0 Å². The third kappa shape index (κ3) is 5.06. The van der Waals surface area contributed by atoms with E-state index in [9.17, 15) is 0 Å². The number of aromatic nitrogens is 1. The molecule has 0 bridgehead atoms. The molecule has 0 aromatic carbocycles. The molecular weight excluding hydrogens is 296 g/mol. The Morgan fingerprint density at radius 3 is 2.18 bits per heavy atom. The van der Waals surface area contributed by atoms with Crippen LogP contribution in [0.5, 0.6) is 0 Å². The first-order chi connectivity index (χ1) is 8.34. The fourth-order valence-corrected chi connectivity index (χ4v) is 3.68. The molecule has 0 aliphatic carbocycles. The Labute approximate surface area is 117 Å². The highest BCUT2D eigenvalue weighted by Crippen LogP contribution is 2.18. The van der Waals surface area contributed by atoms with E-state index in [0.29, 0.717) is 0 Å². The minimum atomic E-state index is 0.985. The van der Waals surface area contributed by atoms with Gasteiger partial charge in [0.25, 0.3) is 0 Å². The SMILES string of the molecule is Brc1csc(CN2CCCCCCCCC2)n1. The second-order valence-corrected chi connectivity index (χ2v) is 6.57. The Hall–Kier alpha value is 0.0700. The van der Waals surface area contributed by atoms with E-state index in [1.807, 2.05) is 0 Å². The molecule has 2 heterocycles. The number of nitrogens with zero attached hydrogens (tertiary/aromatic N) is 2. The molecule has 0 spiro atoms. The first-order valence-electron chi connectivity index (χ1n) is 6.67. The maximum atomic E-state index is 4.49. The molecule has 1 aromatic heterocycles. The van der Waals surface area contributed by atoms with E-state index in [2.05, 4.69) is 31.2 Å². The first kappa shape index (κ1) is 13.5. The normalized spacial score (nSPS) is 20.3. The van der Waals surface area contributed by atoms with Crippen LogP contribution in [0.3, 0.4) is 0 Å². The molecule has 1 saturated heterocycles.